The Labute approximate surface area is 221 Å². The van der Waals surface area contributed by atoms with Crippen LogP contribution >= 0.6 is 0 Å². The zero-order valence-corrected chi connectivity index (χ0v) is 21.4. The highest BCUT2D eigenvalue weighted by molar-refractivity contribution is 6.05. The Morgan fingerprint density at radius 3 is 2.63 bits per heavy atom. The number of imide groups is 1. The first kappa shape index (κ1) is 25.7. The van der Waals surface area contributed by atoms with Crippen LogP contribution in [0.1, 0.15) is 54.1 Å². The minimum absolute atomic E-state index is 0.176. The van der Waals surface area contributed by atoms with Crippen LogP contribution in [0.15, 0.2) is 42.5 Å². The van der Waals surface area contributed by atoms with Crippen LogP contribution in [-0.4, -0.2) is 47.8 Å². The molecule has 10 heteroatoms. The zero-order valence-electron chi connectivity index (χ0n) is 21.4. The number of fused-ring (bicyclic) bond motifs is 1. The van der Waals surface area contributed by atoms with Crippen molar-refractivity contribution in [1.82, 2.24) is 15.5 Å². The Bertz CT molecular complexity index is 1250. The predicted octanol–water partition coefficient (Wildman–Crippen LogP) is 2.52. The van der Waals surface area contributed by atoms with Crippen molar-refractivity contribution in [2.45, 2.75) is 51.7 Å². The molecule has 5 amide bonds. The topological polar surface area (TPSA) is 143 Å². The van der Waals surface area contributed by atoms with Crippen molar-refractivity contribution in [2.24, 2.45) is 17.1 Å². The smallest absolute Gasteiger partial charge is 0.319 e. The third kappa shape index (κ3) is 5.50. The fraction of sp³-hybridized carbons (Fsp3) is 0.429. The molecule has 1 aliphatic carbocycles. The molecule has 1 saturated heterocycles. The van der Waals surface area contributed by atoms with Crippen molar-refractivity contribution in [3.63, 3.8) is 0 Å². The van der Waals surface area contributed by atoms with Crippen molar-refractivity contribution in [3.05, 3.63) is 59.2 Å². The van der Waals surface area contributed by atoms with E-state index < -0.39 is 11.9 Å². The summed E-state index contributed by atoms with van der Waals surface area (Å²) in [5, 5.41) is 7.94. The van der Waals surface area contributed by atoms with E-state index in [0.29, 0.717) is 36.7 Å². The number of nitrogens with two attached hydrogens (primary N) is 1. The lowest BCUT2D eigenvalue weighted by atomic mass is 9.64. The molecule has 5 rings (SSSR count). The number of rotatable bonds is 8. The van der Waals surface area contributed by atoms with Crippen LogP contribution in [0.2, 0.25) is 0 Å². The average molecular weight is 520 g/mol. The van der Waals surface area contributed by atoms with E-state index in [1.807, 2.05) is 18.2 Å². The molecule has 10 nitrogen and oxygen atoms in total. The molecule has 1 unspecified atom stereocenters. The first-order valence-corrected chi connectivity index (χ1v) is 13.0. The summed E-state index contributed by atoms with van der Waals surface area (Å²) in [4.78, 5) is 50.4. The molecule has 0 bridgehead atoms. The van der Waals surface area contributed by atoms with E-state index >= 15 is 0 Å². The van der Waals surface area contributed by atoms with Crippen LogP contribution in [0.4, 0.5) is 10.5 Å². The monoisotopic (exact) mass is 519 g/mol. The summed E-state index contributed by atoms with van der Waals surface area (Å²) in [6.45, 7) is 4.16. The molecule has 3 aliphatic rings. The van der Waals surface area contributed by atoms with Gasteiger partial charge in [-0.2, -0.15) is 0 Å². The molecule has 2 aromatic carbocycles. The number of anilines is 1. The van der Waals surface area contributed by atoms with Crippen LogP contribution in [0.3, 0.4) is 0 Å². The molecule has 38 heavy (non-hydrogen) atoms. The first-order valence-electron chi connectivity index (χ1n) is 13.0. The van der Waals surface area contributed by atoms with Gasteiger partial charge in [0.15, 0.2) is 0 Å². The maximum atomic E-state index is 12.8. The second kappa shape index (κ2) is 10.4. The Morgan fingerprint density at radius 1 is 1.16 bits per heavy atom. The largest absolute Gasteiger partial charge is 0.493 e. The van der Waals surface area contributed by atoms with Gasteiger partial charge in [0.2, 0.25) is 11.8 Å². The number of carbonyl (C=O) groups excluding carboxylic acids is 4. The second-order valence-electron chi connectivity index (χ2n) is 10.8. The Balaban J connectivity index is 1.10. The molecular formula is C28H33N5O5. The van der Waals surface area contributed by atoms with E-state index in [1.54, 1.807) is 24.3 Å². The van der Waals surface area contributed by atoms with Crippen LogP contribution < -0.4 is 26.4 Å². The lowest BCUT2D eigenvalue weighted by molar-refractivity contribution is -0.136. The van der Waals surface area contributed by atoms with Crippen molar-refractivity contribution < 1.29 is 23.9 Å². The predicted molar refractivity (Wildman–Crippen MR) is 140 cm³/mol. The number of piperidine rings is 1. The fourth-order valence-electron chi connectivity index (χ4n) is 5.61. The van der Waals surface area contributed by atoms with Gasteiger partial charge in [-0.3, -0.25) is 19.7 Å². The van der Waals surface area contributed by atoms with Crippen molar-refractivity contribution in [2.75, 3.05) is 18.5 Å². The number of hydrogen-bond donors (Lipinski definition) is 4. The lowest BCUT2D eigenvalue weighted by Crippen LogP contribution is -2.52. The normalized spacial score (nSPS) is 24.4. The first-order chi connectivity index (χ1) is 18.2. The van der Waals surface area contributed by atoms with E-state index in [9.17, 15) is 19.2 Å². The van der Waals surface area contributed by atoms with E-state index in [-0.39, 0.29) is 36.2 Å². The van der Waals surface area contributed by atoms with E-state index in [2.05, 4.69) is 22.9 Å². The van der Waals surface area contributed by atoms with E-state index in [0.717, 1.165) is 36.3 Å². The number of carbonyl (C=O) groups is 4. The van der Waals surface area contributed by atoms with Gasteiger partial charge in [-0.25, -0.2) is 4.79 Å². The van der Waals surface area contributed by atoms with Crippen LogP contribution in [0.5, 0.6) is 5.75 Å². The Kier molecular flexibility index (Phi) is 7.07. The van der Waals surface area contributed by atoms with Gasteiger partial charge in [-0.15, -0.1) is 0 Å². The number of amides is 5. The molecule has 2 fully saturated rings. The third-order valence-corrected chi connectivity index (χ3v) is 7.64. The minimum Gasteiger partial charge on any atom is -0.493 e. The molecule has 5 N–H and O–H groups in total. The van der Waals surface area contributed by atoms with Crippen molar-refractivity contribution in [1.29, 1.82) is 0 Å². The van der Waals surface area contributed by atoms with Gasteiger partial charge in [-0.05, 0) is 73.2 Å². The van der Waals surface area contributed by atoms with Crippen molar-refractivity contribution >= 4 is 29.4 Å². The molecule has 0 spiro atoms. The summed E-state index contributed by atoms with van der Waals surface area (Å²) >= 11 is 0. The fourth-order valence-corrected chi connectivity index (χ4v) is 5.61. The molecule has 200 valence electrons. The summed E-state index contributed by atoms with van der Waals surface area (Å²) in [5.41, 5.74) is 8.71. The molecule has 1 saturated carbocycles. The van der Waals surface area contributed by atoms with E-state index in [4.69, 9.17) is 10.5 Å². The minimum atomic E-state index is -0.651. The molecule has 1 atom stereocenters. The number of urea groups is 1. The van der Waals surface area contributed by atoms with Crippen molar-refractivity contribution in [3.8, 4) is 5.75 Å². The summed E-state index contributed by atoms with van der Waals surface area (Å²) in [6.07, 6.45) is 2.70. The van der Waals surface area contributed by atoms with Crippen LogP contribution in [0, 0.1) is 11.3 Å². The van der Waals surface area contributed by atoms with Crippen LogP contribution in [-0.2, 0) is 22.7 Å². The average Bonchev–Trinajstić information content (AvgIpc) is 3.20. The second-order valence-corrected chi connectivity index (χ2v) is 10.8. The highest BCUT2D eigenvalue weighted by Gasteiger charge is 2.40. The maximum Gasteiger partial charge on any atom is 0.319 e. The van der Waals surface area contributed by atoms with Gasteiger partial charge in [-0.1, -0.05) is 19.1 Å². The van der Waals surface area contributed by atoms with Gasteiger partial charge in [0, 0.05) is 36.2 Å². The zero-order chi connectivity index (χ0) is 26.9. The van der Waals surface area contributed by atoms with Gasteiger partial charge < -0.3 is 26.0 Å². The molecular weight excluding hydrogens is 486 g/mol. The van der Waals surface area contributed by atoms with Crippen LogP contribution in [0.25, 0.3) is 0 Å². The van der Waals surface area contributed by atoms with E-state index in [1.165, 1.54) is 4.90 Å². The highest BCUT2D eigenvalue weighted by atomic mass is 16.5. The highest BCUT2D eigenvalue weighted by Crippen LogP contribution is 2.45. The number of nitrogens with one attached hydrogen (secondary N) is 3. The number of ether oxygens (including phenoxy) is 1. The summed E-state index contributed by atoms with van der Waals surface area (Å²) in [6, 6.07) is 11.6. The summed E-state index contributed by atoms with van der Waals surface area (Å²) in [5.74, 6) is 0.383. The Morgan fingerprint density at radius 2 is 1.92 bits per heavy atom. The molecule has 0 radical (unpaired) electrons. The summed E-state index contributed by atoms with van der Waals surface area (Å²) in [7, 11) is 0. The standard InChI is InChI=1S/C28H33N5O5/c1-28(11-18(12-28)13-29)16-38-21-5-3-20(4-6-21)31-27(37)30-14-17-2-7-22-19(10-17)15-33(26(22)36)23-8-9-24(34)32-25(23)35/h2-7,10,18,23H,8-9,11-16,29H2,1H3,(H2,30,31,37)(H,32,34,35). The number of hydrogen-bond acceptors (Lipinski definition) is 6. The SMILES string of the molecule is CC1(COc2ccc(NC(=O)NCc3ccc4c(c3)CN(C3CCC(=O)NC3=O)C4=O)cc2)CC(CN)C1. The molecule has 2 aliphatic heterocycles. The number of nitrogens with zero attached hydrogens (tertiary/aromatic N) is 1. The third-order valence-electron chi connectivity index (χ3n) is 7.64. The van der Waals surface area contributed by atoms with Gasteiger partial charge in [0.1, 0.15) is 11.8 Å². The van der Waals surface area contributed by atoms with Gasteiger partial charge in [0.05, 0.1) is 6.61 Å². The maximum absolute atomic E-state index is 12.8. The summed E-state index contributed by atoms with van der Waals surface area (Å²) < 4.78 is 5.94. The Hall–Kier alpha value is -3.92. The number of benzene rings is 2. The molecule has 2 aromatic rings. The quantitative estimate of drug-likeness (QED) is 0.395. The molecule has 2 heterocycles. The van der Waals surface area contributed by atoms with Gasteiger partial charge >= 0.3 is 6.03 Å². The molecule has 0 aromatic heterocycles. The lowest BCUT2D eigenvalue weighted by Gasteiger charge is -2.44. The van der Waals surface area contributed by atoms with Gasteiger partial charge in [0.25, 0.3) is 5.91 Å².